The van der Waals surface area contributed by atoms with Crippen molar-refractivity contribution in [1.29, 1.82) is 0 Å². The summed E-state index contributed by atoms with van der Waals surface area (Å²) in [5, 5.41) is 6.95. The smallest absolute Gasteiger partial charge is 0.0502 e. The van der Waals surface area contributed by atoms with Gasteiger partial charge >= 0.3 is 0 Å². The molecule has 2 rings (SSSR count). The molecule has 1 unspecified atom stereocenters. The van der Waals surface area contributed by atoms with Crippen LogP contribution in [0.15, 0.2) is 0 Å². The highest BCUT2D eigenvalue weighted by Gasteiger charge is 2.21. The Morgan fingerprint density at radius 2 is 2.30 bits per heavy atom. The van der Waals surface area contributed by atoms with Crippen LogP contribution in [0.25, 0.3) is 0 Å². The van der Waals surface area contributed by atoms with Crippen LogP contribution in [0.1, 0.15) is 19.3 Å². The molecule has 57 valence electrons. The molecule has 1 atom stereocenters. The molecule has 0 aromatic carbocycles. The average Bonchev–Trinajstić information content (AvgIpc) is 2.17. The van der Waals surface area contributed by atoms with E-state index in [-0.39, 0.29) is 0 Å². The van der Waals surface area contributed by atoms with E-state index in [1.807, 2.05) is 0 Å². The van der Waals surface area contributed by atoms with Crippen molar-refractivity contribution in [2.45, 2.75) is 19.3 Å². The van der Waals surface area contributed by atoms with Gasteiger partial charge in [0.15, 0.2) is 0 Å². The maximum absolute atomic E-state index is 3.50. The molecule has 0 aromatic rings. The Hall–Kier alpha value is -0.0800. The van der Waals surface area contributed by atoms with Crippen molar-refractivity contribution in [3.05, 3.63) is 6.04 Å². The first-order valence-corrected chi connectivity index (χ1v) is 4.24. The van der Waals surface area contributed by atoms with E-state index >= 15 is 0 Å². The fraction of sp³-hybridized carbons (Fsp3) is 0.875. The van der Waals surface area contributed by atoms with Crippen molar-refractivity contribution in [3.8, 4) is 0 Å². The highest BCUT2D eigenvalue weighted by molar-refractivity contribution is 4.95. The number of rotatable bonds is 0. The lowest BCUT2D eigenvalue weighted by Gasteiger charge is -2.14. The molecule has 2 bridgehead atoms. The summed E-state index contributed by atoms with van der Waals surface area (Å²) in [6.45, 7) is 3.54. The predicted molar refractivity (Wildman–Crippen MR) is 41.5 cm³/mol. The standard InChI is InChI=1S/C8H15N2/c1-2-7-4-9-6-8(3-1)10-5-7/h7,9-10H,1-6H2. The molecule has 0 amide bonds. The second-order valence-electron chi connectivity index (χ2n) is 3.37. The summed E-state index contributed by atoms with van der Waals surface area (Å²) in [5.41, 5.74) is 0. The van der Waals surface area contributed by atoms with Crippen LogP contribution in [-0.4, -0.2) is 19.6 Å². The first kappa shape index (κ1) is 6.62. The third-order valence-electron chi connectivity index (χ3n) is 2.50. The van der Waals surface area contributed by atoms with Gasteiger partial charge in [-0.15, -0.1) is 0 Å². The average molecular weight is 139 g/mol. The van der Waals surface area contributed by atoms with Crippen LogP contribution in [0.2, 0.25) is 0 Å². The van der Waals surface area contributed by atoms with Crippen molar-refractivity contribution in [3.63, 3.8) is 0 Å². The van der Waals surface area contributed by atoms with Crippen LogP contribution in [0.4, 0.5) is 0 Å². The van der Waals surface area contributed by atoms with Gasteiger partial charge in [0.2, 0.25) is 0 Å². The Labute approximate surface area is 62.4 Å². The minimum absolute atomic E-state index is 0.889. The van der Waals surface area contributed by atoms with Crippen LogP contribution in [0, 0.1) is 12.0 Å². The maximum atomic E-state index is 3.50. The second-order valence-corrected chi connectivity index (χ2v) is 3.37. The van der Waals surface area contributed by atoms with E-state index in [2.05, 4.69) is 10.6 Å². The normalized spacial score (nSPS) is 35.4. The molecular formula is C8H15N2. The summed E-state index contributed by atoms with van der Waals surface area (Å²) in [6, 6.07) is 1.53. The van der Waals surface area contributed by atoms with Crippen molar-refractivity contribution < 1.29 is 0 Å². The molecule has 10 heavy (non-hydrogen) atoms. The second kappa shape index (κ2) is 2.89. The van der Waals surface area contributed by atoms with Crippen molar-refractivity contribution >= 4 is 0 Å². The first-order valence-electron chi connectivity index (χ1n) is 4.24. The van der Waals surface area contributed by atoms with E-state index in [4.69, 9.17) is 0 Å². The Balaban J connectivity index is 2.01. The fourth-order valence-corrected chi connectivity index (χ4v) is 1.84. The summed E-state index contributed by atoms with van der Waals surface area (Å²) >= 11 is 0. The SMILES string of the molecule is C1C[C]2CNCC(C1)CN2. The van der Waals surface area contributed by atoms with Crippen LogP contribution in [0.3, 0.4) is 0 Å². The molecule has 1 radical (unpaired) electrons. The Kier molecular flexibility index (Phi) is 1.91. The van der Waals surface area contributed by atoms with E-state index in [1.54, 1.807) is 0 Å². The topological polar surface area (TPSA) is 24.1 Å². The molecule has 0 aliphatic carbocycles. The number of nitrogens with one attached hydrogen (secondary N) is 2. The van der Waals surface area contributed by atoms with Gasteiger partial charge in [-0.2, -0.15) is 0 Å². The molecule has 0 aromatic heterocycles. The zero-order valence-corrected chi connectivity index (χ0v) is 6.32. The molecule has 0 spiro atoms. The molecule has 2 aliphatic heterocycles. The molecule has 2 N–H and O–H groups in total. The lowest BCUT2D eigenvalue weighted by molar-refractivity contribution is 0.459. The molecule has 2 aliphatic rings. The Bertz CT molecular complexity index is 91.8. The van der Waals surface area contributed by atoms with E-state index < -0.39 is 0 Å². The van der Waals surface area contributed by atoms with Crippen LogP contribution < -0.4 is 10.6 Å². The highest BCUT2D eigenvalue weighted by atomic mass is 15.0. The van der Waals surface area contributed by atoms with Crippen molar-refractivity contribution in [2.24, 2.45) is 5.92 Å². The minimum atomic E-state index is 0.889. The summed E-state index contributed by atoms with van der Waals surface area (Å²) in [4.78, 5) is 0. The van der Waals surface area contributed by atoms with E-state index in [0.29, 0.717) is 0 Å². The monoisotopic (exact) mass is 139 g/mol. The van der Waals surface area contributed by atoms with Crippen molar-refractivity contribution in [2.75, 3.05) is 19.6 Å². The molecular weight excluding hydrogens is 124 g/mol. The summed E-state index contributed by atoms with van der Waals surface area (Å²) in [6.07, 6.45) is 4.10. The zero-order chi connectivity index (χ0) is 6.81. The van der Waals surface area contributed by atoms with E-state index in [1.165, 1.54) is 38.4 Å². The number of hydrogen-bond acceptors (Lipinski definition) is 2. The third-order valence-corrected chi connectivity index (χ3v) is 2.50. The predicted octanol–water partition coefficient (Wildman–Crippen LogP) is 0.511. The molecule has 2 saturated heterocycles. The molecule has 0 saturated carbocycles. The lowest BCUT2D eigenvalue weighted by atomic mass is 10.0. The summed E-state index contributed by atoms with van der Waals surface area (Å²) < 4.78 is 0. The van der Waals surface area contributed by atoms with Gasteiger partial charge in [-0.1, -0.05) is 6.42 Å². The van der Waals surface area contributed by atoms with Gasteiger partial charge in [0.1, 0.15) is 0 Å². The summed E-state index contributed by atoms with van der Waals surface area (Å²) in [7, 11) is 0. The fourth-order valence-electron chi connectivity index (χ4n) is 1.84. The minimum Gasteiger partial charge on any atom is -0.314 e. The first-order chi connectivity index (χ1) is 4.95. The molecule has 2 heteroatoms. The van der Waals surface area contributed by atoms with Gasteiger partial charge in [0, 0.05) is 6.54 Å². The maximum Gasteiger partial charge on any atom is 0.0502 e. The highest BCUT2D eigenvalue weighted by Crippen LogP contribution is 2.19. The van der Waals surface area contributed by atoms with E-state index in [0.717, 1.165) is 12.5 Å². The van der Waals surface area contributed by atoms with Gasteiger partial charge in [0.05, 0.1) is 6.04 Å². The van der Waals surface area contributed by atoms with Crippen LogP contribution >= 0.6 is 0 Å². The van der Waals surface area contributed by atoms with Crippen LogP contribution in [-0.2, 0) is 0 Å². The van der Waals surface area contributed by atoms with Gasteiger partial charge in [0.25, 0.3) is 0 Å². The quantitative estimate of drug-likeness (QED) is 0.511. The Morgan fingerprint density at radius 1 is 1.30 bits per heavy atom. The van der Waals surface area contributed by atoms with Gasteiger partial charge < -0.3 is 10.6 Å². The van der Waals surface area contributed by atoms with E-state index in [9.17, 15) is 0 Å². The lowest BCUT2D eigenvalue weighted by Crippen LogP contribution is -2.27. The zero-order valence-electron chi connectivity index (χ0n) is 6.32. The third kappa shape index (κ3) is 1.32. The Morgan fingerprint density at radius 3 is 3.30 bits per heavy atom. The molecule has 2 fully saturated rings. The number of fused-ring (bicyclic) bond motifs is 3. The van der Waals surface area contributed by atoms with Gasteiger partial charge in [-0.3, -0.25) is 0 Å². The van der Waals surface area contributed by atoms with Crippen molar-refractivity contribution in [1.82, 2.24) is 10.6 Å². The molecule has 2 heterocycles. The van der Waals surface area contributed by atoms with Gasteiger partial charge in [-0.25, -0.2) is 0 Å². The molecule has 2 nitrogen and oxygen atoms in total. The van der Waals surface area contributed by atoms with Crippen LogP contribution in [0.5, 0.6) is 0 Å². The largest absolute Gasteiger partial charge is 0.314 e. The number of hydrogen-bond donors (Lipinski definition) is 2. The van der Waals surface area contributed by atoms with Gasteiger partial charge in [-0.05, 0) is 31.8 Å². The summed E-state index contributed by atoms with van der Waals surface area (Å²) in [5.74, 6) is 0.889.